The van der Waals surface area contributed by atoms with Crippen molar-refractivity contribution >= 4 is 11.8 Å². The lowest BCUT2D eigenvalue weighted by Crippen LogP contribution is -2.75. The number of hydrogen-bond acceptors (Lipinski definition) is 5. The Morgan fingerprint density at radius 2 is 2.04 bits per heavy atom. The smallest absolute Gasteiger partial charge is 0.287 e. The first-order valence-corrected chi connectivity index (χ1v) is 8.75. The Hall–Kier alpha value is -1.86. The molecule has 0 saturated heterocycles. The number of hydrogen-bond donors (Lipinski definition) is 3. The molecule has 2 amide bonds. The van der Waals surface area contributed by atoms with Crippen molar-refractivity contribution in [3.63, 3.8) is 0 Å². The van der Waals surface area contributed by atoms with E-state index in [1.807, 2.05) is 27.7 Å². The second kappa shape index (κ2) is 7.58. The first kappa shape index (κ1) is 19.5. The second-order valence-corrected chi connectivity index (χ2v) is 7.14. The van der Waals surface area contributed by atoms with Crippen molar-refractivity contribution in [2.45, 2.75) is 52.2 Å². The van der Waals surface area contributed by atoms with Gasteiger partial charge in [-0.2, -0.15) is 0 Å². The minimum absolute atomic E-state index is 0.00377. The van der Waals surface area contributed by atoms with E-state index in [0.29, 0.717) is 38.3 Å². The number of ether oxygens (including phenoxy) is 1. The number of aryl methyl sites for hydroxylation is 1. The molecule has 140 valence electrons. The zero-order valence-electron chi connectivity index (χ0n) is 15.5. The van der Waals surface area contributed by atoms with Gasteiger partial charge in [0.15, 0.2) is 5.76 Å². The Labute approximate surface area is 148 Å². The Bertz CT molecular complexity index is 626. The number of nitrogens with one attached hydrogen (secondary N) is 2. The molecule has 1 heterocycles. The van der Waals surface area contributed by atoms with Crippen LogP contribution in [0.3, 0.4) is 0 Å². The largest absolute Gasteiger partial charge is 0.459 e. The maximum absolute atomic E-state index is 12.4. The number of nitrogens with two attached hydrogens (primary N) is 1. The van der Waals surface area contributed by atoms with Crippen LogP contribution in [0.2, 0.25) is 0 Å². The van der Waals surface area contributed by atoms with Gasteiger partial charge in [0.2, 0.25) is 5.91 Å². The van der Waals surface area contributed by atoms with Crippen LogP contribution in [0.1, 0.15) is 49.7 Å². The maximum atomic E-state index is 12.4. The molecule has 1 aromatic heterocycles. The highest BCUT2D eigenvalue weighted by molar-refractivity contribution is 5.92. The molecule has 0 aromatic carbocycles. The fraction of sp³-hybridized carbons (Fsp3) is 0.667. The lowest BCUT2D eigenvalue weighted by molar-refractivity contribution is -0.170. The number of furan rings is 1. The summed E-state index contributed by atoms with van der Waals surface area (Å²) in [4.78, 5) is 24.3. The highest BCUT2D eigenvalue weighted by atomic mass is 16.5. The van der Waals surface area contributed by atoms with Crippen molar-refractivity contribution in [1.82, 2.24) is 10.6 Å². The second-order valence-electron chi connectivity index (χ2n) is 7.14. The summed E-state index contributed by atoms with van der Waals surface area (Å²) in [5.41, 5.74) is 5.79. The Kier molecular flexibility index (Phi) is 5.90. The average Bonchev–Trinajstić information content (AvgIpc) is 2.99. The number of carbonyl (C=O) groups excluding carboxylic acids is 2. The quantitative estimate of drug-likeness (QED) is 0.613. The molecule has 0 aliphatic heterocycles. The van der Waals surface area contributed by atoms with Gasteiger partial charge in [0.1, 0.15) is 5.54 Å². The summed E-state index contributed by atoms with van der Waals surface area (Å²) in [6.45, 7) is 9.18. The molecule has 1 fully saturated rings. The predicted octanol–water partition coefficient (Wildman–Crippen LogP) is 1.36. The molecule has 1 aliphatic carbocycles. The van der Waals surface area contributed by atoms with E-state index >= 15 is 0 Å². The van der Waals surface area contributed by atoms with Gasteiger partial charge in [-0.1, -0.05) is 13.8 Å². The normalized spacial score (nSPS) is 24.4. The van der Waals surface area contributed by atoms with Crippen LogP contribution in [0.4, 0.5) is 0 Å². The third-order valence-corrected chi connectivity index (χ3v) is 5.23. The lowest BCUT2D eigenvalue weighted by atomic mass is 9.54. The topological polar surface area (TPSA) is 107 Å². The molecule has 7 heteroatoms. The number of amides is 2. The minimum atomic E-state index is -0.915. The third kappa shape index (κ3) is 3.72. The minimum Gasteiger partial charge on any atom is -0.459 e. The molecule has 2 atom stereocenters. The Balaban J connectivity index is 1.71. The molecule has 2 rings (SSSR count). The van der Waals surface area contributed by atoms with Crippen LogP contribution in [0.15, 0.2) is 16.7 Å². The van der Waals surface area contributed by atoms with Crippen LogP contribution in [0, 0.1) is 12.3 Å². The average molecular weight is 351 g/mol. The molecular weight excluding hydrogens is 322 g/mol. The Morgan fingerprint density at radius 1 is 1.36 bits per heavy atom. The summed E-state index contributed by atoms with van der Waals surface area (Å²) in [5.74, 6) is -0.0893. The highest BCUT2D eigenvalue weighted by Gasteiger charge is 2.62. The van der Waals surface area contributed by atoms with Crippen molar-refractivity contribution in [1.29, 1.82) is 0 Å². The monoisotopic (exact) mass is 351 g/mol. The zero-order chi connectivity index (χ0) is 18.7. The predicted molar refractivity (Wildman–Crippen MR) is 94.1 cm³/mol. The van der Waals surface area contributed by atoms with Crippen LogP contribution in [0.5, 0.6) is 0 Å². The summed E-state index contributed by atoms with van der Waals surface area (Å²) < 4.78 is 10.8. The molecule has 1 saturated carbocycles. The van der Waals surface area contributed by atoms with E-state index in [2.05, 4.69) is 10.6 Å². The molecular formula is C18H29N3O4. The van der Waals surface area contributed by atoms with Crippen LogP contribution in [-0.4, -0.2) is 43.2 Å². The van der Waals surface area contributed by atoms with Gasteiger partial charge in [-0.25, -0.2) is 0 Å². The van der Waals surface area contributed by atoms with Gasteiger partial charge in [0, 0.05) is 37.1 Å². The van der Waals surface area contributed by atoms with Crippen molar-refractivity contribution in [3.8, 4) is 0 Å². The molecule has 1 aliphatic rings. The molecule has 1 aromatic rings. The van der Waals surface area contributed by atoms with Gasteiger partial charge < -0.3 is 25.5 Å². The van der Waals surface area contributed by atoms with E-state index in [-0.39, 0.29) is 17.9 Å². The maximum Gasteiger partial charge on any atom is 0.287 e. The van der Waals surface area contributed by atoms with Crippen LogP contribution in [0.25, 0.3) is 0 Å². The molecule has 0 bridgehead atoms. The summed E-state index contributed by atoms with van der Waals surface area (Å²) in [7, 11) is 0. The Morgan fingerprint density at radius 3 is 2.60 bits per heavy atom. The van der Waals surface area contributed by atoms with Gasteiger partial charge in [-0.15, -0.1) is 0 Å². The molecule has 2 unspecified atom stereocenters. The van der Waals surface area contributed by atoms with Crippen molar-refractivity contribution in [3.05, 3.63) is 23.7 Å². The summed E-state index contributed by atoms with van der Waals surface area (Å²) >= 11 is 0. The SMILES string of the molecule is CCOC1CC(N)(C(=O)NCCCNC(=O)c2occc2C)C1(C)C. The van der Waals surface area contributed by atoms with E-state index in [1.54, 1.807) is 6.07 Å². The van der Waals surface area contributed by atoms with E-state index in [1.165, 1.54) is 6.26 Å². The summed E-state index contributed by atoms with van der Waals surface area (Å²) in [6.07, 6.45) is 2.63. The molecule has 4 N–H and O–H groups in total. The number of rotatable bonds is 8. The highest BCUT2D eigenvalue weighted by Crippen LogP contribution is 2.49. The molecule has 25 heavy (non-hydrogen) atoms. The van der Waals surface area contributed by atoms with E-state index in [9.17, 15) is 9.59 Å². The fourth-order valence-corrected chi connectivity index (χ4v) is 3.16. The van der Waals surface area contributed by atoms with Crippen LogP contribution >= 0.6 is 0 Å². The van der Waals surface area contributed by atoms with E-state index in [0.717, 1.165) is 5.56 Å². The molecule has 7 nitrogen and oxygen atoms in total. The molecule has 0 radical (unpaired) electrons. The van der Waals surface area contributed by atoms with Crippen molar-refractivity contribution in [2.75, 3.05) is 19.7 Å². The van der Waals surface area contributed by atoms with Gasteiger partial charge in [-0.05, 0) is 26.3 Å². The summed E-state index contributed by atoms with van der Waals surface area (Å²) in [6, 6.07) is 1.74. The van der Waals surface area contributed by atoms with Crippen LogP contribution in [-0.2, 0) is 9.53 Å². The fourth-order valence-electron chi connectivity index (χ4n) is 3.16. The zero-order valence-corrected chi connectivity index (χ0v) is 15.5. The van der Waals surface area contributed by atoms with Crippen LogP contribution < -0.4 is 16.4 Å². The van der Waals surface area contributed by atoms with Gasteiger partial charge in [-0.3, -0.25) is 9.59 Å². The lowest BCUT2D eigenvalue weighted by Gasteiger charge is -2.57. The first-order valence-electron chi connectivity index (χ1n) is 8.75. The van der Waals surface area contributed by atoms with Gasteiger partial charge >= 0.3 is 0 Å². The summed E-state index contributed by atoms with van der Waals surface area (Å²) in [5, 5.41) is 5.64. The third-order valence-electron chi connectivity index (χ3n) is 5.23. The van der Waals surface area contributed by atoms with Gasteiger partial charge in [0.05, 0.1) is 12.4 Å². The van der Waals surface area contributed by atoms with Gasteiger partial charge in [0.25, 0.3) is 5.91 Å². The van der Waals surface area contributed by atoms with E-state index < -0.39 is 11.0 Å². The number of carbonyl (C=O) groups is 2. The van der Waals surface area contributed by atoms with Crippen molar-refractivity contribution < 1.29 is 18.7 Å². The molecule has 0 spiro atoms. The van der Waals surface area contributed by atoms with E-state index in [4.69, 9.17) is 14.9 Å². The first-order chi connectivity index (χ1) is 11.7. The van der Waals surface area contributed by atoms with Crippen molar-refractivity contribution in [2.24, 2.45) is 11.1 Å². The standard InChI is InChI=1S/C18H29N3O4/c1-5-24-13-11-18(19,17(13,3)4)16(23)21-9-6-8-20-15(22)14-12(2)7-10-25-14/h7,10,13H,5-6,8-9,11,19H2,1-4H3,(H,20,22)(H,21,23).